The third-order valence-corrected chi connectivity index (χ3v) is 9.73. The number of amides is 2. The number of hydrogen-bond donors (Lipinski definition) is 1. The predicted molar refractivity (Wildman–Crippen MR) is 181 cm³/mol. The smallest absolute Gasteiger partial charge is 0.271 e. The van der Waals surface area contributed by atoms with Gasteiger partial charge in [-0.25, -0.2) is 8.42 Å². The molecule has 0 unspecified atom stereocenters. The summed E-state index contributed by atoms with van der Waals surface area (Å²) in [5.41, 5.74) is 1.13. The van der Waals surface area contributed by atoms with Gasteiger partial charge in [-0.05, 0) is 54.8 Å². The van der Waals surface area contributed by atoms with E-state index in [-0.39, 0.29) is 41.2 Å². The predicted octanol–water partition coefficient (Wildman–Crippen LogP) is 6.11. The topological polar surface area (TPSA) is 130 Å². The highest BCUT2D eigenvalue weighted by Crippen LogP contribution is 2.28. The van der Waals surface area contributed by atoms with E-state index in [0.717, 1.165) is 20.4 Å². The van der Waals surface area contributed by atoms with E-state index in [1.807, 2.05) is 68.4 Å². The molecule has 0 fully saturated rings. The van der Waals surface area contributed by atoms with Gasteiger partial charge in [-0.2, -0.15) is 0 Å². The number of anilines is 1. The van der Waals surface area contributed by atoms with E-state index >= 15 is 0 Å². The number of halogens is 1. The van der Waals surface area contributed by atoms with Crippen molar-refractivity contribution in [2.75, 3.05) is 10.8 Å². The van der Waals surface area contributed by atoms with Crippen molar-refractivity contribution >= 4 is 49.1 Å². The second kappa shape index (κ2) is 15.6. The van der Waals surface area contributed by atoms with Gasteiger partial charge in [0.2, 0.25) is 11.8 Å². The lowest BCUT2D eigenvalue weighted by Gasteiger charge is -2.34. The van der Waals surface area contributed by atoms with Crippen molar-refractivity contribution in [3.8, 4) is 0 Å². The Morgan fingerprint density at radius 2 is 1.52 bits per heavy atom. The monoisotopic (exact) mass is 706 g/mol. The SMILES string of the molecule is CC[C@@H](C)NC(=O)[C@@H](Cc1ccccc1)N(Cc1cccc(Br)c1)C(=O)CN(c1cccc([N+](=O)[O-])c1)S(=O)(=O)c1ccccc1. The molecule has 240 valence electrons. The van der Waals surface area contributed by atoms with Crippen molar-refractivity contribution in [2.24, 2.45) is 0 Å². The van der Waals surface area contributed by atoms with Crippen molar-refractivity contribution in [1.82, 2.24) is 10.2 Å². The van der Waals surface area contributed by atoms with Gasteiger partial charge in [-0.1, -0.05) is 89.6 Å². The molecule has 0 aliphatic heterocycles. The molecular formula is C34H35BrN4O6S. The summed E-state index contributed by atoms with van der Waals surface area (Å²) in [6, 6.07) is 28.0. The molecular weight excluding hydrogens is 672 g/mol. The lowest BCUT2D eigenvalue weighted by Crippen LogP contribution is -2.54. The molecule has 0 aliphatic rings. The summed E-state index contributed by atoms with van der Waals surface area (Å²) in [5.74, 6) is -1.04. The van der Waals surface area contributed by atoms with Crippen LogP contribution in [0.1, 0.15) is 31.4 Å². The van der Waals surface area contributed by atoms with Crippen LogP contribution in [0.5, 0.6) is 0 Å². The van der Waals surface area contributed by atoms with E-state index in [1.165, 1.54) is 35.2 Å². The van der Waals surface area contributed by atoms with Crippen LogP contribution >= 0.6 is 15.9 Å². The van der Waals surface area contributed by atoms with Gasteiger partial charge in [0.1, 0.15) is 12.6 Å². The first kappa shape index (κ1) is 34.3. The maximum atomic E-state index is 14.5. The third kappa shape index (κ3) is 8.79. The number of nitro groups is 1. The summed E-state index contributed by atoms with van der Waals surface area (Å²) in [6.45, 7) is 3.09. The molecule has 10 nitrogen and oxygen atoms in total. The van der Waals surface area contributed by atoms with Crippen molar-refractivity contribution in [3.05, 3.63) is 135 Å². The van der Waals surface area contributed by atoms with Gasteiger partial charge >= 0.3 is 0 Å². The largest absolute Gasteiger partial charge is 0.352 e. The fourth-order valence-electron chi connectivity index (χ4n) is 4.84. The molecule has 0 radical (unpaired) electrons. The summed E-state index contributed by atoms with van der Waals surface area (Å²) in [4.78, 5) is 40.7. The molecule has 12 heteroatoms. The minimum Gasteiger partial charge on any atom is -0.352 e. The van der Waals surface area contributed by atoms with Crippen molar-refractivity contribution in [2.45, 2.75) is 50.2 Å². The second-order valence-electron chi connectivity index (χ2n) is 10.8. The number of carbonyl (C=O) groups excluding carboxylic acids is 2. The van der Waals surface area contributed by atoms with Gasteiger partial charge in [0.05, 0.1) is 15.5 Å². The van der Waals surface area contributed by atoms with Gasteiger partial charge < -0.3 is 10.2 Å². The molecule has 0 spiro atoms. The quantitative estimate of drug-likeness (QED) is 0.124. The molecule has 4 aromatic carbocycles. The Kier molecular flexibility index (Phi) is 11.7. The van der Waals surface area contributed by atoms with Crippen molar-refractivity contribution < 1.29 is 22.9 Å². The Morgan fingerprint density at radius 3 is 2.15 bits per heavy atom. The van der Waals surface area contributed by atoms with E-state index < -0.39 is 33.4 Å². The highest BCUT2D eigenvalue weighted by atomic mass is 79.9. The average Bonchev–Trinajstić information content (AvgIpc) is 3.05. The molecule has 0 saturated carbocycles. The Balaban J connectivity index is 1.83. The van der Waals surface area contributed by atoms with Crippen LogP contribution < -0.4 is 9.62 Å². The lowest BCUT2D eigenvalue weighted by molar-refractivity contribution is -0.384. The van der Waals surface area contributed by atoms with Crippen LogP contribution in [-0.4, -0.2) is 48.7 Å². The van der Waals surface area contributed by atoms with E-state index in [4.69, 9.17) is 0 Å². The maximum Gasteiger partial charge on any atom is 0.271 e. The molecule has 0 heterocycles. The third-order valence-electron chi connectivity index (χ3n) is 7.45. The van der Waals surface area contributed by atoms with Crippen LogP contribution in [0.25, 0.3) is 0 Å². The van der Waals surface area contributed by atoms with Crippen LogP contribution in [0.3, 0.4) is 0 Å². The van der Waals surface area contributed by atoms with E-state index in [9.17, 15) is 28.1 Å². The Morgan fingerprint density at radius 1 is 0.891 bits per heavy atom. The summed E-state index contributed by atoms with van der Waals surface area (Å²) in [6.07, 6.45) is 0.838. The summed E-state index contributed by atoms with van der Waals surface area (Å²) < 4.78 is 29.7. The number of benzene rings is 4. The first-order valence-corrected chi connectivity index (χ1v) is 16.9. The van der Waals surface area contributed by atoms with Gasteiger partial charge in [-0.15, -0.1) is 0 Å². The number of rotatable bonds is 14. The Labute approximate surface area is 277 Å². The second-order valence-corrected chi connectivity index (χ2v) is 13.6. The minimum absolute atomic E-state index is 0.00212. The highest BCUT2D eigenvalue weighted by Gasteiger charge is 2.35. The number of hydrogen-bond acceptors (Lipinski definition) is 6. The van der Waals surface area contributed by atoms with Crippen LogP contribution in [-0.2, 0) is 32.6 Å². The molecule has 1 N–H and O–H groups in total. The summed E-state index contributed by atoms with van der Waals surface area (Å²) in [7, 11) is -4.38. The number of nitrogens with one attached hydrogen (secondary N) is 1. The first-order chi connectivity index (χ1) is 22.0. The first-order valence-electron chi connectivity index (χ1n) is 14.7. The molecule has 0 aromatic heterocycles. The van der Waals surface area contributed by atoms with Crippen molar-refractivity contribution in [1.29, 1.82) is 0 Å². The molecule has 4 aromatic rings. The van der Waals surface area contributed by atoms with E-state index in [0.29, 0.717) is 12.0 Å². The lowest BCUT2D eigenvalue weighted by atomic mass is 10.0. The summed E-state index contributed by atoms with van der Waals surface area (Å²) in [5, 5.41) is 14.6. The molecule has 2 atom stereocenters. The van der Waals surface area contributed by atoms with Crippen LogP contribution in [0.4, 0.5) is 11.4 Å². The number of non-ortho nitro benzene ring substituents is 1. The zero-order chi connectivity index (χ0) is 33.3. The van der Waals surface area contributed by atoms with Crippen LogP contribution in [0.15, 0.2) is 119 Å². The Bertz CT molecular complexity index is 1770. The van der Waals surface area contributed by atoms with Gasteiger partial charge in [0.25, 0.3) is 15.7 Å². The number of nitro benzene ring substituents is 1. The summed E-state index contributed by atoms with van der Waals surface area (Å²) >= 11 is 3.47. The number of carbonyl (C=O) groups is 2. The minimum atomic E-state index is -4.38. The van der Waals surface area contributed by atoms with E-state index in [1.54, 1.807) is 18.2 Å². The van der Waals surface area contributed by atoms with E-state index in [2.05, 4.69) is 21.2 Å². The molecule has 0 bridgehead atoms. The molecule has 0 aliphatic carbocycles. The van der Waals surface area contributed by atoms with Crippen LogP contribution in [0.2, 0.25) is 0 Å². The van der Waals surface area contributed by atoms with Gasteiger partial charge in [0, 0.05) is 35.6 Å². The average molecular weight is 708 g/mol. The zero-order valence-electron chi connectivity index (χ0n) is 25.5. The van der Waals surface area contributed by atoms with Gasteiger partial charge in [0.15, 0.2) is 0 Å². The fourth-order valence-corrected chi connectivity index (χ4v) is 6.71. The number of nitrogens with zero attached hydrogens (tertiary/aromatic N) is 3. The van der Waals surface area contributed by atoms with Gasteiger partial charge in [-0.3, -0.25) is 24.0 Å². The number of sulfonamides is 1. The highest BCUT2D eigenvalue weighted by molar-refractivity contribution is 9.10. The standard InChI is InChI=1S/C34H35BrN4O6S/c1-3-25(2)36-34(41)32(21-26-12-6-4-7-13-26)37(23-27-14-10-15-28(35)20-27)33(40)24-38(29-16-11-17-30(22-29)39(42)43)46(44,45)31-18-8-5-9-19-31/h4-20,22,25,32H,3,21,23-24H2,1-2H3,(H,36,41)/t25-,32-/m1/s1. The fraction of sp³-hybridized carbons (Fsp3) is 0.235. The molecule has 4 rings (SSSR count). The van der Waals surface area contributed by atoms with Crippen molar-refractivity contribution in [3.63, 3.8) is 0 Å². The molecule has 2 amide bonds. The maximum absolute atomic E-state index is 14.5. The molecule has 46 heavy (non-hydrogen) atoms. The Hall–Kier alpha value is -4.55. The molecule has 0 saturated heterocycles. The van der Waals surface area contributed by atoms with Crippen LogP contribution in [0, 0.1) is 10.1 Å². The zero-order valence-corrected chi connectivity index (χ0v) is 27.9. The normalized spacial score (nSPS) is 12.5.